The van der Waals surface area contributed by atoms with Crippen LogP contribution in [0.1, 0.15) is 10.4 Å². The number of esters is 1. The maximum Gasteiger partial charge on any atom is 0.337 e. The first-order valence-corrected chi connectivity index (χ1v) is 4.13. The van der Waals surface area contributed by atoms with E-state index in [0.717, 1.165) is 0 Å². The molecule has 1 rings (SSSR count). The van der Waals surface area contributed by atoms with Gasteiger partial charge in [-0.2, -0.15) is 0 Å². The van der Waals surface area contributed by atoms with Crippen LogP contribution in [0.2, 0.25) is 0 Å². The molecule has 0 saturated heterocycles. The third kappa shape index (κ3) is 2.96. The number of ether oxygens (including phenoxy) is 1. The summed E-state index contributed by atoms with van der Waals surface area (Å²) in [5.74, 6) is 4.46. The van der Waals surface area contributed by atoms with Crippen LogP contribution in [-0.2, 0) is 4.74 Å². The summed E-state index contributed by atoms with van der Waals surface area (Å²) in [7, 11) is 1.30. The molecule has 6 heteroatoms. The molecule has 0 bridgehead atoms. The summed E-state index contributed by atoms with van der Waals surface area (Å²) in [4.78, 5) is 21.9. The summed E-state index contributed by atoms with van der Waals surface area (Å²) in [6.07, 6.45) is 0. The lowest BCUT2D eigenvalue weighted by Crippen LogP contribution is -2.34. The average molecular weight is 209 g/mol. The Morgan fingerprint density at radius 3 is 2.33 bits per heavy atom. The molecule has 1 aromatic rings. The summed E-state index contributed by atoms with van der Waals surface area (Å²) >= 11 is 0. The first kappa shape index (κ1) is 11.0. The summed E-state index contributed by atoms with van der Waals surface area (Å²) in [5, 5.41) is 2.45. The summed E-state index contributed by atoms with van der Waals surface area (Å²) in [5.41, 5.74) is 2.87. The van der Waals surface area contributed by atoms with Crippen molar-refractivity contribution in [3.63, 3.8) is 0 Å². The second kappa shape index (κ2) is 4.97. The lowest BCUT2D eigenvalue weighted by Gasteiger charge is -2.04. The largest absolute Gasteiger partial charge is 0.465 e. The van der Waals surface area contributed by atoms with E-state index in [1.807, 2.05) is 5.43 Å². The van der Waals surface area contributed by atoms with E-state index in [0.29, 0.717) is 11.3 Å². The standard InChI is InChI=1S/C9H11N3O3/c1-15-8(13)6-2-4-7(5-3-6)11-9(14)12-10/h2-5H,10H2,1H3,(H2,11,12,14). The average Bonchev–Trinajstić information content (AvgIpc) is 2.29. The Morgan fingerprint density at radius 2 is 1.87 bits per heavy atom. The molecule has 15 heavy (non-hydrogen) atoms. The molecule has 0 radical (unpaired) electrons. The molecule has 0 saturated carbocycles. The van der Waals surface area contributed by atoms with Crippen molar-refractivity contribution in [3.8, 4) is 0 Å². The Balaban J connectivity index is 2.72. The van der Waals surface area contributed by atoms with Gasteiger partial charge in [0.2, 0.25) is 0 Å². The van der Waals surface area contributed by atoms with Crippen LogP contribution in [0.15, 0.2) is 24.3 Å². The molecule has 0 aromatic heterocycles. The van der Waals surface area contributed by atoms with Crippen molar-refractivity contribution in [2.75, 3.05) is 12.4 Å². The van der Waals surface area contributed by atoms with E-state index in [-0.39, 0.29) is 0 Å². The molecule has 0 aliphatic rings. The van der Waals surface area contributed by atoms with Gasteiger partial charge in [0.15, 0.2) is 0 Å². The van der Waals surface area contributed by atoms with Crippen LogP contribution in [0, 0.1) is 0 Å². The van der Waals surface area contributed by atoms with Crippen LogP contribution in [0.3, 0.4) is 0 Å². The fourth-order valence-electron chi connectivity index (χ4n) is 0.975. The van der Waals surface area contributed by atoms with Crippen LogP contribution < -0.4 is 16.6 Å². The van der Waals surface area contributed by atoms with Crippen LogP contribution in [0.4, 0.5) is 10.5 Å². The number of carbonyl (C=O) groups is 2. The molecule has 1 aromatic carbocycles. The number of nitrogens with one attached hydrogen (secondary N) is 2. The van der Waals surface area contributed by atoms with E-state index >= 15 is 0 Å². The number of methoxy groups -OCH3 is 1. The number of hydrogen-bond acceptors (Lipinski definition) is 4. The number of hydrazine groups is 1. The van der Waals surface area contributed by atoms with Gasteiger partial charge in [-0.15, -0.1) is 0 Å². The first-order chi connectivity index (χ1) is 7.17. The first-order valence-electron chi connectivity index (χ1n) is 4.13. The zero-order valence-electron chi connectivity index (χ0n) is 8.11. The quantitative estimate of drug-likeness (QED) is 0.285. The topological polar surface area (TPSA) is 93.4 Å². The third-order valence-electron chi connectivity index (χ3n) is 1.69. The highest BCUT2D eigenvalue weighted by molar-refractivity contribution is 5.92. The molecular formula is C9H11N3O3. The monoisotopic (exact) mass is 209 g/mol. The SMILES string of the molecule is COC(=O)c1ccc(NC(=O)NN)cc1. The molecule has 4 N–H and O–H groups in total. The van der Waals surface area contributed by atoms with Gasteiger partial charge < -0.3 is 10.1 Å². The lowest BCUT2D eigenvalue weighted by atomic mass is 10.2. The van der Waals surface area contributed by atoms with Crippen LogP contribution in [0.5, 0.6) is 0 Å². The van der Waals surface area contributed by atoms with Gasteiger partial charge in [-0.3, -0.25) is 5.43 Å². The van der Waals surface area contributed by atoms with Crippen LogP contribution in [-0.4, -0.2) is 19.1 Å². The van der Waals surface area contributed by atoms with Gasteiger partial charge in [0.05, 0.1) is 12.7 Å². The Labute approximate surface area is 86.4 Å². The zero-order valence-corrected chi connectivity index (χ0v) is 8.11. The Morgan fingerprint density at radius 1 is 1.27 bits per heavy atom. The summed E-state index contributed by atoms with van der Waals surface area (Å²) < 4.78 is 4.52. The number of amides is 2. The fraction of sp³-hybridized carbons (Fsp3) is 0.111. The van der Waals surface area contributed by atoms with Gasteiger partial charge in [0.1, 0.15) is 0 Å². The second-order valence-electron chi connectivity index (χ2n) is 2.67. The van der Waals surface area contributed by atoms with Crippen LogP contribution >= 0.6 is 0 Å². The molecule has 0 atom stereocenters. The van der Waals surface area contributed by atoms with Gasteiger partial charge in [-0.25, -0.2) is 15.4 Å². The molecule has 0 spiro atoms. The molecule has 6 nitrogen and oxygen atoms in total. The molecule has 0 fully saturated rings. The highest BCUT2D eigenvalue weighted by Gasteiger charge is 2.04. The smallest absolute Gasteiger partial charge is 0.337 e. The van der Waals surface area contributed by atoms with Crippen molar-refractivity contribution in [3.05, 3.63) is 29.8 Å². The number of rotatable bonds is 2. The highest BCUT2D eigenvalue weighted by Crippen LogP contribution is 2.09. The van der Waals surface area contributed by atoms with Crippen molar-refractivity contribution in [2.24, 2.45) is 5.84 Å². The number of hydrogen-bond donors (Lipinski definition) is 3. The maximum absolute atomic E-state index is 11.1. The Hall–Kier alpha value is -2.08. The minimum Gasteiger partial charge on any atom is -0.465 e. The van der Waals surface area contributed by atoms with Gasteiger partial charge in [0, 0.05) is 5.69 Å². The number of nitrogens with two attached hydrogens (primary N) is 1. The normalized spacial score (nSPS) is 9.20. The van der Waals surface area contributed by atoms with Gasteiger partial charge in [-0.1, -0.05) is 0 Å². The van der Waals surface area contributed by atoms with Crippen molar-refractivity contribution >= 4 is 17.7 Å². The predicted molar refractivity (Wildman–Crippen MR) is 54.1 cm³/mol. The lowest BCUT2D eigenvalue weighted by molar-refractivity contribution is 0.0601. The summed E-state index contributed by atoms with van der Waals surface area (Å²) in [6.45, 7) is 0. The minimum absolute atomic E-state index is 0.413. The van der Waals surface area contributed by atoms with Gasteiger partial charge in [-0.05, 0) is 24.3 Å². The molecule has 0 aliphatic carbocycles. The van der Waals surface area contributed by atoms with Crippen molar-refractivity contribution in [1.29, 1.82) is 0 Å². The fourth-order valence-corrected chi connectivity index (χ4v) is 0.975. The van der Waals surface area contributed by atoms with E-state index < -0.39 is 12.0 Å². The molecule has 80 valence electrons. The zero-order chi connectivity index (χ0) is 11.3. The third-order valence-corrected chi connectivity index (χ3v) is 1.69. The molecular weight excluding hydrogens is 198 g/mol. The highest BCUT2D eigenvalue weighted by atomic mass is 16.5. The van der Waals surface area contributed by atoms with Crippen LogP contribution in [0.25, 0.3) is 0 Å². The van der Waals surface area contributed by atoms with Crippen molar-refractivity contribution < 1.29 is 14.3 Å². The van der Waals surface area contributed by atoms with E-state index in [1.165, 1.54) is 19.2 Å². The van der Waals surface area contributed by atoms with E-state index in [2.05, 4.69) is 10.1 Å². The Kier molecular flexibility index (Phi) is 3.64. The molecule has 0 aliphatic heterocycles. The second-order valence-corrected chi connectivity index (χ2v) is 2.67. The van der Waals surface area contributed by atoms with Crippen molar-refractivity contribution in [1.82, 2.24) is 5.43 Å². The number of urea groups is 1. The number of carbonyl (C=O) groups excluding carboxylic acids is 2. The number of benzene rings is 1. The minimum atomic E-state index is -0.527. The summed E-state index contributed by atoms with van der Waals surface area (Å²) in [6, 6.07) is 5.69. The molecule has 0 unspecified atom stereocenters. The number of anilines is 1. The van der Waals surface area contributed by atoms with Gasteiger partial charge >= 0.3 is 12.0 Å². The van der Waals surface area contributed by atoms with Crippen molar-refractivity contribution in [2.45, 2.75) is 0 Å². The van der Waals surface area contributed by atoms with E-state index in [1.54, 1.807) is 12.1 Å². The predicted octanol–water partition coefficient (Wildman–Crippen LogP) is 0.468. The van der Waals surface area contributed by atoms with E-state index in [9.17, 15) is 9.59 Å². The molecule has 2 amide bonds. The maximum atomic E-state index is 11.1. The van der Waals surface area contributed by atoms with Gasteiger partial charge in [0.25, 0.3) is 0 Å². The van der Waals surface area contributed by atoms with E-state index in [4.69, 9.17) is 5.84 Å². The molecule has 0 heterocycles. The Bertz CT molecular complexity index is 361.